The van der Waals surface area contributed by atoms with Crippen molar-refractivity contribution in [3.05, 3.63) is 17.7 Å². The predicted molar refractivity (Wildman–Crippen MR) is 56.0 cm³/mol. The zero-order valence-corrected chi connectivity index (χ0v) is 8.65. The Hall–Kier alpha value is -1.36. The Balaban J connectivity index is 2.15. The third-order valence-corrected chi connectivity index (χ3v) is 2.87. The molecule has 0 aromatic carbocycles. The van der Waals surface area contributed by atoms with Crippen molar-refractivity contribution in [2.75, 3.05) is 0 Å². The van der Waals surface area contributed by atoms with Gasteiger partial charge in [0, 0.05) is 12.2 Å². The molecule has 1 heterocycles. The van der Waals surface area contributed by atoms with Crippen LogP contribution in [0.1, 0.15) is 24.2 Å². The molecule has 1 unspecified atom stereocenters. The summed E-state index contributed by atoms with van der Waals surface area (Å²) in [5.74, 6) is -0.465. The molecule has 15 heavy (non-hydrogen) atoms. The van der Waals surface area contributed by atoms with E-state index < -0.39 is 11.9 Å². The summed E-state index contributed by atoms with van der Waals surface area (Å²) in [6.07, 6.45) is 6.21. The second-order valence-electron chi connectivity index (χ2n) is 4.01. The van der Waals surface area contributed by atoms with Crippen LogP contribution in [0.5, 0.6) is 0 Å². The molecule has 1 aromatic heterocycles. The molecule has 0 bridgehead atoms. The van der Waals surface area contributed by atoms with Crippen LogP contribution in [0, 0.1) is 0 Å². The second-order valence-corrected chi connectivity index (χ2v) is 4.01. The van der Waals surface area contributed by atoms with E-state index in [1.54, 1.807) is 6.33 Å². The van der Waals surface area contributed by atoms with Gasteiger partial charge in [0.25, 0.3) is 0 Å². The number of nitrogens with zero attached hydrogens (tertiary/aromatic N) is 2. The van der Waals surface area contributed by atoms with E-state index >= 15 is 0 Å². The number of rotatable bonds is 3. The number of amides is 1. The van der Waals surface area contributed by atoms with Crippen LogP contribution in [-0.4, -0.2) is 21.5 Å². The third-order valence-electron chi connectivity index (χ3n) is 2.87. The van der Waals surface area contributed by atoms with Gasteiger partial charge < -0.3 is 16.0 Å². The summed E-state index contributed by atoms with van der Waals surface area (Å²) in [6, 6.07) is -0.620. The minimum absolute atomic E-state index is 0.442. The normalized spacial score (nSPS) is 17.1. The van der Waals surface area contributed by atoms with Crippen LogP contribution in [0.15, 0.2) is 6.33 Å². The lowest BCUT2D eigenvalue weighted by atomic mass is 10.0. The van der Waals surface area contributed by atoms with Gasteiger partial charge in [0.1, 0.15) is 6.04 Å². The number of primary amides is 1. The molecule has 1 aliphatic carbocycles. The molecular formula is C10H16N4O. The fourth-order valence-electron chi connectivity index (χ4n) is 1.99. The van der Waals surface area contributed by atoms with Gasteiger partial charge in [-0.05, 0) is 25.7 Å². The van der Waals surface area contributed by atoms with Crippen molar-refractivity contribution in [1.29, 1.82) is 0 Å². The molecule has 1 atom stereocenters. The Bertz CT molecular complexity index is 371. The van der Waals surface area contributed by atoms with Crippen molar-refractivity contribution in [3.8, 4) is 0 Å². The van der Waals surface area contributed by atoms with Crippen molar-refractivity contribution >= 4 is 5.91 Å². The molecule has 4 N–H and O–H groups in total. The first kappa shape index (κ1) is 10.2. The van der Waals surface area contributed by atoms with E-state index in [1.165, 1.54) is 18.5 Å². The number of nitrogens with two attached hydrogens (primary N) is 2. The Kier molecular flexibility index (Phi) is 2.73. The quantitative estimate of drug-likeness (QED) is 0.707. The molecule has 1 amide bonds. The summed E-state index contributed by atoms with van der Waals surface area (Å²) in [6.45, 7) is 0.442. The van der Waals surface area contributed by atoms with E-state index in [1.807, 2.05) is 4.57 Å². The van der Waals surface area contributed by atoms with Gasteiger partial charge in [-0.25, -0.2) is 4.98 Å². The fourth-order valence-corrected chi connectivity index (χ4v) is 1.99. The van der Waals surface area contributed by atoms with Crippen LogP contribution in [0.25, 0.3) is 0 Å². The highest BCUT2D eigenvalue weighted by Crippen LogP contribution is 2.19. The molecule has 82 valence electrons. The highest BCUT2D eigenvalue weighted by Gasteiger charge is 2.17. The minimum atomic E-state index is -0.620. The standard InChI is InChI=1S/C10H16N4O/c11-7(10(12)15)5-14-6-13-8-3-1-2-4-9(8)14/h6-7H,1-5,11H2,(H2,12,15). The second kappa shape index (κ2) is 4.02. The van der Waals surface area contributed by atoms with Crippen LogP contribution in [-0.2, 0) is 24.2 Å². The summed E-state index contributed by atoms with van der Waals surface area (Å²) >= 11 is 0. The fraction of sp³-hybridized carbons (Fsp3) is 0.600. The number of aromatic nitrogens is 2. The van der Waals surface area contributed by atoms with Gasteiger partial charge in [-0.2, -0.15) is 0 Å². The Labute approximate surface area is 88.5 Å². The SMILES string of the molecule is NC(=O)C(N)Cn1cnc2c1CCCC2. The van der Waals surface area contributed by atoms with E-state index in [9.17, 15) is 4.79 Å². The highest BCUT2D eigenvalue weighted by atomic mass is 16.1. The van der Waals surface area contributed by atoms with Gasteiger partial charge in [-0.15, -0.1) is 0 Å². The largest absolute Gasteiger partial charge is 0.368 e. The molecular weight excluding hydrogens is 192 g/mol. The molecule has 5 heteroatoms. The number of carbonyl (C=O) groups is 1. The maximum Gasteiger partial charge on any atom is 0.236 e. The zero-order chi connectivity index (χ0) is 10.8. The Morgan fingerprint density at radius 2 is 2.27 bits per heavy atom. The van der Waals surface area contributed by atoms with Crippen LogP contribution >= 0.6 is 0 Å². The molecule has 0 spiro atoms. The molecule has 0 radical (unpaired) electrons. The molecule has 1 aliphatic rings. The summed E-state index contributed by atoms with van der Waals surface area (Å²) in [5.41, 5.74) is 13.1. The third kappa shape index (κ3) is 2.02. The number of hydrogen-bond donors (Lipinski definition) is 2. The average molecular weight is 208 g/mol. The van der Waals surface area contributed by atoms with Crippen LogP contribution < -0.4 is 11.5 Å². The molecule has 0 saturated heterocycles. The van der Waals surface area contributed by atoms with E-state index in [0.29, 0.717) is 6.54 Å². The van der Waals surface area contributed by atoms with E-state index in [4.69, 9.17) is 11.5 Å². The molecule has 5 nitrogen and oxygen atoms in total. The number of fused-ring (bicyclic) bond motifs is 1. The van der Waals surface area contributed by atoms with E-state index in [0.717, 1.165) is 18.5 Å². The summed E-state index contributed by atoms with van der Waals surface area (Å²) < 4.78 is 1.96. The van der Waals surface area contributed by atoms with Crippen LogP contribution in [0.2, 0.25) is 0 Å². The topological polar surface area (TPSA) is 86.9 Å². The molecule has 0 aliphatic heterocycles. The molecule has 0 fully saturated rings. The van der Waals surface area contributed by atoms with Gasteiger partial charge in [-0.1, -0.05) is 0 Å². The summed E-state index contributed by atoms with van der Waals surface area (Å²) in [5, 5.41) is 0. The molecule has 0 saturated carbocycles. The summed E-state index contributed by atoms with van der Waals surface area (Å²) in [4.78, 5) is 15.2. The van der Waals surface area contributed by atoms with Gasteiger partial charge in [0.05, 0.1) is 12.0 Å². The van der Waals surface area contributed by atoms with Gasteiger partial charge >= 0.3 is 0 Å². The lowest BCUT2D eigenvalue weighted by Crippen LogP contribution is -2.40. The van der Waals surface area contributed by atoms with Gasteiger partial charge in [0.15, 0.2) is 0 Å². The first-order valence-corrected chi connectivity index (χ1v) is 5.26. The number of imidazole rings is 1. The van der Waals surface area contributed by atoms with E-state index in [-0.39, 0.29) is 0 Å². The van der Waals surface area contributed by atoms with Crippen molar-refractivity contribution in [2.24, 2.45) is 11.5 Å². The first-order valence-electron chi connectivity index (χ1n) is 5.26. The number of hydrogen-bond acceptors (Lipinski definition) is 3. The smallest absolute Gasteiger partial charge is 0.236 e. The van der Waals surface area contributed by atoms with Crippen molar-refractivity contribution in [3.63, 3.8) is 0 Å². The van der Waals surface area contributed by atoms with Crippen molar-refractivity contribution in [1.82, 2.24) is 9.55 Å². The average Bonchev–Trinajstić information content (AvgIpc) is 2.62. The monoisotopic (exact) mass is 208 g/mol. The summed E-state index contributed by atoms with van der Waals surface area (Å²) in [7, 11) is 0. The lowest BCUT2D eigenvalue weighted by molar-refractivity contribution is -0.119. The Morgan fingerprint density at radius 3 is 3.00 bits per heavy atom. The van der Waals surface area contributed by atoms with Crippen molar-refractivity contribution in [2.45, 2.75) is 38.3 Å². The van der Waals surface area contributed by atoms with Gasteiger partial charge in [-0.3, -0.25) is 4.79 Å². The van der Waals surface area contributed by atoms with Crippen LogP contribution in [0.4, 0.5) is 0 Å². The molecule has 1 aromatic rings. The van der Waals surface area contributed by atoms with E-state index in [2.05, 4.69) is 4.98 Å². The number of aryl methyl sites for hydroxylation is 1. The lowest BCUT2D eigenvalue weighted by Gasteiger charge is -2.15. The van der Waals surface area contributed by atoms with Gasteiger partial charge in [0.2, 0.25) is 5.91 Å². The molecule has 2 rings (SSSR count). The first-order chi connectivity index (χ1) is 7.18. The highest BCUT2D eigenvalue weighted by molar-refractivity contribution is 5.79. The predicted octanol–water partition coefficient (Wildman–Crippen LogP) is -0.426. The minimum Gasteiger partial charge on any atom is -0.368 e. The van der Waals surface area contributed by atoms with Crippen molar-refractivity contribution < 1.29 is 4.79 Å². The number of carbonyl (C=O) groups excluding carboxylic acids is 1. The Morgan fingerprint density at radius 1 is 1.53 bits per heavy atom. The maximum absolute atomic E-state index is 10.9. The maximum atomic E-state index is 10.9. The van der Waals surface area contributed by atoms with Crippen LogP contribution in [0.3, 0.4) is 0 Å². The zero-order valence-electron chi connectivity index (χ0n) is 8.65.